The van der Waals surface area contributed by atoms with Gasteiger partial charge in [-0.1, -0.05) is 0 Å². The molecular formula is C4H10OS2. The average molecular weight is 138 g/mol. The molecule has 0 aromatic carbocycles. The van der Waals surface area contributed by atoms with Crippen molar-refractivity contribution in [2.24, 2.45) is 0 Å². The van der Waals surface area contributed by atoms with Crippen LogP contribution in [0.25, 0.3) is 0 Å². The van der Waals surface area contributed by atoms with Crippen molar-refractivity contribution in [2.75, 3.05) is 13.7 Å². The molecule has 7 heavy (non-hydrogen) atoms. The van der Waals surface area contributed by atoms with Gasteiger partial charge >= 0.3 is 0 Å². The van der Waals surface area contributed by atoms with Gasteiger partial charge in [-0.05, 0) is 6.92 Å². The first-order valence-corrected chi connectivity index (χ1v) is 2.89. The minimum absolute atomic E-state index is 0.283. The molecule has 0 heterocycles. The van der Waals surface area contributed by atoms with E-state index in [1.54, 1.807) is 7.11 Å². The van der Waals surface area contributed by atoms with Gasteiger partial charge in [0, 0.05) is 7.11 Å². The molecule has 1 nitrogen and oxygen atoms in total. The molecule has 0 bridgehead atoms. The molecule has 0 saturated heterocycles. The Hall–Kier alpha value is 0.660. The largest absolute Gasteiger partial charge is 0.382 e. The lowest BCUT2D eigenvalue weighted by Gasteiger charge is -2.13. The van der Waals surface area contributed by atoms with Crippen LogP contribution in [0.5, 0.6) is 0 Å². The van der Waals surface area contributed by atoms with E-state index in [4.69, 9.17) is 4.74 Å². The fourth-order valence-electron chi connectivity index (χ4n) is 0.273. The summed E-state index contributed by atoms with van der Waals surface area (Å²) >= 11 is 8.15. The Morgan fingerprint density at radius 3 is 2.00 bits per heavy atom. The van der Waals surface area contributed by atoms with Crippen molar-refractivity contribution in [3.63, 3.8) is 0 Å². The van der Waals surface area contributed by atoms with Gasteiger partial charge in [-0.25, -0.2) is 0 Å². The zero-order valence-electron chi connectivity index (χ0n) is 4.51. The molecule has 0 amide bonds. The van der Waals surface area contributed by atoms with E-state index in [2.05, 4.69) is 25.3 Å². The summed E-state index contributed by atoms with van der Waals surface area (Å²) in [6.45, 7) is 2.45. The van der Waals surface area contributed by atoms with Crippen LogP contribution in [0.3, 0.4) is 0 Å². The highest BCUT2D eigenvalue weighted by Gasteiger charge is 2.09. The summed E-state index contributed by atoms with van der Waals surface area (Å²) in [7, 11) is 1.63. The summed E-state index contributed by atoms with van der Waals surface area (Å²) in [6, 6.07) is 0. The maximum atomic E-state index is 4.75. The van der Waals surface area contributed by atoms with Crippen molar-refractivity contribution < 1.29 is 4.74 Å². The summed E-state index contributed by atoms with van der Waals surface area (Å²) < 4.78 is 4.47. The molecule has 0 radical (unpaired) electrons. The van der Waals surface area contributed by atoms with Gasteiger partial charge in [-0.15, -0.1) is 0 Å². The van der Waals surface area contributed by atoms with Gasteiger partial charge in [-0.3, -0.25) is 0 Å². The third-order valence-electron chi connectivity index (χ3n) is 0.418. The van der Waals surface area contributed by atoms with E-state index >= 15 is 0 Å². The quantitative estimate of drug-likeness (QED) is 0.431. The van der Waals surface area contributed by atoms with E-state index in [1.807, 2.05) is 6.92 Å². The van der Waals surface area contributed by atoms with Crippen LogP contribution >= 0.6 is 25.3 Å². The first kappa shape index (κ1) is 7.66. The van der Waals surface area contributed by atoms with Gasteiger partial charge in [0.05, 0.1) is 10.7 Å². The fraction of sp³-hybridized carbons (Fsp3) is 1.00. The normalized spacial score (nSPS) is 12.0. The number of rotatable bonds is 2. The van der Waals surface area contributed by atoms with Crippen molar-refractivity contribution in [3.8, 4) is 0 Å². The Kier molecular flexibility index (Phi) is 3.11. The highest BCUT2D eigenvalue weighted by Crippen LogP contribution is 2.17. The van der Waals surface area contributed by atoms with Crippen LogP contribution < -0.4 is 0 Å². The number of thiol groups is 2. The lowest BCUT2D eigenvalue weighted by atomic mass is 10.5. The lowest BCUT2D eigenvalue weighted by Crippen LogP contribution is -2.14. The van der Waals surface area contributed by atoms with Crippen molar-refractivity contribution in [1.82, 2.24) is 0 Å². The number of hydrogen-bond acceptors (Lipinski definition) is 3. The SMILES string of the molecule is COCC(C)(S)S. The lowest BCUT2D eigenvalue weighted by molar-refractivity contribution is 0.197. The zero-order chi connectivity index (χ0) is 5.91. The molecule has 0 fully saturated rings. The molecule has 44 valence electrons. The Morgan fingerprint density at radius 1 is 1.57 bits per heavy atom. The van der Waals surface area contributed by atoms with E-state index in [-0.39, 0.29) is 4.08 Å². The van der Waals surface area contributed by atoms with E-state index in [1.165, 1.54) is 0 Å². The van der Waals surface area contributed by atoms with Crippen LogP contribution in [0, 0.1) is 0 Å². The molecule has 0 aliphatic heterocycles. The van der Waals surface area contributed by atoms with E-state index in [0.717, 1.165) is 0 Å². The molecule has 0 spiro atoms. The van der Waals surface area contributed by atoms with Gasteiger partial charge in [0.2, 0.25) is 0 Å². The van der Waals surface area contributed by atoms with E-state index < -0.39 is 0 Å². The Balaban J connectivity index is 3.15. The molecule has 0 aromatic rings. The Labute approximate surface area is 55.3 Å². The van der Waals surface area contributed by atoms with Crippen LogP contribution in [0.1, 0.15) is 6.92 Å². The predicted octanol–water partition coefficient (Wildman–Crippen LogP) is 1.21. The minimum atomic E-state index is -0.283. The van der Waals surface area contributed by atoms with Crippen molar-refractivity contribution in [1.29, 1.82) is 0 Å². The van der Waals surface area contributed by atoms with Crippen molar-refractivity contribution in [2.45, 2.75) is 11.0 Å². The van der Waals surface area contributed by atoms with Crippen molar-refractivity contribution in [3.05, 3.63) is 0 Å². The maximum absolute atomic E-state index is 4.75. The molecular weight excluding hydrogens is 128 g/mol. The van der Waals surface area contributed by atoms with Crippen molar-refractivity contribution >= 4 is 25.3 Å². The first-order chi connectivity index (χ1) is 3.06. The average Bonchev–Trinajstić information content (AvgIpc) is 1.30. The van der Waals surface area contributed by atoms with Crippen LogP contribution in [-0.2, 0) is 4.74 Å². The fourth-order valence-corrected chi connectivity index (χ4v) is 0.532. The molecule has 0 atom stereocenters. The molecule has 3 heteroatoms. The van der Waals surface area contributed by atoms with Gasteiger partial charge in [0.25, 0.3) is 0 Å². The third kappa shape index (κ3) is 6.66. The second-order valence-corrected chi connectivity index (χ2v) is 3.98. The molecule has 0 aromatic heterocycles. The Morgan fingerprint density at radius 2 is 2.00 bits per heavy atom. The Bertz CT molecular complexity index is 48.1. The van der Waals surface area contributed by atoms with Gasteiger partial charge in [-0.2, -0.15) is 25.3 Å². The van der Waals surface area contributed by atoms with Crippen LogP contribution in [0.2, 0.25) is 0 Å². The van der Waals surface area contributed by atoms with E-state index in [0.29, 0.717) is 6.61 Å². The van der Waals surface area contributed by atoms with Gasteiger partial charge in [0.1, 0.15) is 0 Å². The predicted molar refractivity (Wildman–Crippen MR) is 38.3 cm³/mol. The highest BCUT2D eigenvalue weighted by molar-refractivity contribution is 8.00. The van der Waals surface area contributed by atoms with Gasteiger partial charge < -0.3 is 4.74 Å². The maximum Gasteiger partial charge on any atom is 0.0756 e. The molecule has 0 N–H and O–H groups in total. The number of hydrogen-bond donors (Lipinski definition) is 2. The topological polar surface area (TPSA) is 9.23 Å². The molecule has 0 aliphatic rings. The summed E-state index contributed by atoms with van der Waals surface area (Å²) in [6.07, 6.45) is 0. The summed E-state index contributed by atoms with van der Waals surface area (Å²) in [5.74, 6) is 0. The summed E-state index contributed by atoms with van der Waals surface area (Å²) in [5, 5.41) is 0. The highest BCUT2D eigenvalue weighted by atomic mass is 32.2. The molecule has 0 rings (SSSR count). The van der Waals surface area contributed by atoms with Crippen LogP contribution in [0.4, 0.5) is 0 Å². The monoisotopic (exact) mass is 138 g/mol. The summed E-state index contributed by atoms with van der Waals surface area (Å²) in [5.41, 5.74) is 0. The number of methoxy groups -OCH3 is 1. The van der Waals surface area contributed by atoms with E-state index in [9.17, 15) is 0 Å². The number of ether oxygens (including phenoxy) is 1. The first-order valence-electron chi connectivity index (χ1n) is 2.00. The third-order valence-corrected chi connectivity index (χ3v) is 0.676. The second-order valence-electron chi connectivity index (χ2n) is 1.65. The minimum Gasteiger partial charge on any atom is -0.382 e. The van der Waals surface area contributed by atoms with Crippen LogP contribution in [0.15, 0.2) is 0 Å². The smallest absolute Gasteiger partial charge is 0.0756 e. The second kappa shape index (κ2) is 2.84. The summed E-state index contributed by atoms with van der Waals surface area (Å²) in [4.78, 5) is 0. The molecule has 0 unspecified atom stereocenters. The standard InChI is InChI=1S/C4H10OS2/c1-4(6,7)3-5-2/h6-7H,3H2,1-2H3. The van der Waals surface area contributed by atoms with Gasteiger partial charge in [0.15, 0.2) is 0 Å². The zero-order valence-corrected chi connectivity index (χ0v) is 6.30. The molecule has 0 aliphatic carbocycles. The van der Waals surface area contributed by atoms with Crippen LogP contribution in [-0.4, -0.2) is 17.8 Å². The molecule has 0 saturated carbocycles.